The topological polar surface area (TPSA) is 50.7 Å². The second-order valence-corrected chi connectivity index (χ2v) is 4.83. The molecule has 0 aliphatic heterocycles. The van der Waals surface area contributed by atoms with Gasteiger partial charge in [0.25, 0.3) is 5.91 Å². The minimum atomic E-state index is -0.373. The molecular weight excluding hydrogens is 311 g/mol. The van der Waals surface area contributed by atoms with Crippen molar-refractivity contribution in [3.63, 3.8) is 0 Å². The zero-order chi connectivity index (χ0) is 15.2. The Morgan fingerprint density at radius 2 is 1.95 bits per heavy atom. The molecule has 0 aliphatic rings. The SMILES string of the molecule is COc1ccccc1C(=O)NN=Cc1cccc(Cl)c1Cl. The fourth-order valence-electron chi connectivity index (χ4n) is 1.67. The molecule has 0 aromatic heterocycles. The molecule has 0 radical (unpaired) electrons. The molecule has 108 valence electrons. The average molecular weight is 323 g/mol. The monoisotopic (exact) mass is 322 g/mol. The van der Waals surface area contributed by atoms with Crippen molar-refractivity contribution in [2.45, 2.75) is 0 Å². The Labute approximate surface area is 132 Å². The second-order valence-electron chi connectivity index (χ2n) is 4.04. The number of methoxy groups -OCH3 is 1. The molecule has 0 bridgehead atoms. The van der Waals surface area contributed by atoms with E-state index in [1.54, 1.807) is 42.5 Å². The lowest BCUT2D eigenvalue weighted by molar-refractivity contribution is 0.0952. The van der Waals surface area contributed by atoms with Crippen LogP contribution in [0.25, 0.3) is 0 Å². The van der Waals surface area contributed by atoms with Crippen LogP contribution in [0.2, 0.25) is 10.0 Å². The van der Waals surface area contributed by atoms with Crippen molar-refractivity contribution in [2.24, 2.45) is 5.10 Å². The molecule has 0 unspecified atom stereocenters. The molecule has 0 aliphatic carbocycles. The van der Waals surface area contributed by atoms with Crippen LogP contribution in [-0.2, 0) is 0 Å². The summed E-state index contributed by atoms with van der Waals surface area (Å²) >= 11 is 11.9. The van der Waals surface area contributed by atoms with Crippen LogP contribution in [0.4, 0.5) is 0 Å². The summed E-state index contributed by atoms with van der Waals surface area (Å²) in [4.78, 5) is 12.0. The molecule has 0 fully saturated rings. The van der Waals surface area contributed by atoms with E-state index in [0.717, 1.165) is 0 Å². The largest absolute Gasteiger partial charge is 0.496 e. The molecule has 21 heavy (non-hydrogen) atoms. The summed E-state index contributed by atoms with van der Waals surface area (Å²) < 4.78 is 5.11. The summed E-state index contributed by atoms with van der Waals surface area (Å²) in [5.41, 5.74) is 3.43. The Morgan fingerprint density at radius 1 is 1.19 bits per heavy atom. The molecule has 0 atom stereocenters. The van der Waals surface area contributed by atoms with Crippen molar-refractivity contribution < 1.29 is 9.53 Å². The van der Waals surface area contributed by atoms with Crippen molar-refractivity contribution in [1.82, 2.24) is 5.43 Å². The van der Waals surface area contributed by atoms with E-state index in [0.29, 0.717) is 26.9 Å². The number of amides is 1. The number of halogens is 2. The van der Waals surface area contributed by atoms with Crippen molar-refractivity contribution in [3.8, 4) is 5.75 Å². The summed E-state index contributed by atoms with van der Waals surface area (Å²) in [5, 5.41) is 4.68. The molecule has 0 spiro atoms. The van der Waals surface area contributed by atoms with Crippen LogP contribution < -0.4 is 10.2 Å². The number of nitrogens with zero attached hydrogens (tertiary/aromatic N) is 1. The number of para-hydroxylation sites is 1. The van der Waals surface area contributed by atoms with Gasteiger partial charge < -0.3 is 4.74 Å². The molecule has 1 N–H and O–H groups in total. The normalized spacial score (nSPS) is 10.6. The van der Waals surface area contributed by atoms with Crippen molar-refractivity contribution in [2.75, 3.05) is 7.11 Å². The highest BCUT2D eigenvalue weighted by atomic mass is 35.5. The summed E-state index contributed by atoms with van der Waals surface area (Å²) in [5.74, 6) is 0.104. The van der Waals surface area contributed by atoms with Crippen LogP contribution in [0.15, 0.2) is 47.6 Å². The minimum Gasteiger partial charge on any atom is -0.496 e. The number of carbonyl (C=O) groups is 1. The standard InChI is InChI=1S/C15H12Cl2N2O2/c1-21-13-8-3-2-6-11(13)15(20)19-18-9-10-5-4-7-12(16)14(10)17/h2-9H,1H3,(H,19,20). The van der Waals surface area contributed by atoms with E-state index < -0.39 is 0 Å². The number of benzene rings is 2. The van der Waals surface area contributed by atoms with Crippen LogP contribution in [-0.4, -0.2) is 19.2 Å². The number of rotatable bonds is 4. The Bertz CT molecular complexity index is 687. The first-order valence-electron chi connectivity index (χ1n) is 6.04. The molecular formula is C15H12Cl2N2O2. The van der Waals surface area contributed by atoms with Gasteiger partial charge in [-0.2, -0.15) is 5.10 Å². The van der Waals surface area contributed by atoms with Crippen LogP contribution in [0.5, 0.6) is 5.75 Å². The van der Waals surface area contributed by atoms with Crippen LogP contribution >= 0.6 is 23.2 Å². The Kier molecular flexibility index (Phi) is 5.20. The lowest BCUT2D eigenvalue weighted by atomic mass is 10.2. The van der Waals surface area contributed by atoms with Crippen molar-refractivity contribution in [1.29, 1.82) is 0 Å². The van der Waals surface area contributed by atoms with Crippen LogP contribution in [0.1, 0.15) is 15.9 Å². The highest BCUT2D eigenvalue weighted by Gasteiger charge is 2.10. The molecule has 2 aromatic rings. The smallest absolute Gasteiger partial charge is 0.275 e. The molecule has 0 saturated heterocycles. The number of hydrazone groups is 1. The third-order valence-electron chi connectivity index (χ3n) is 2.70. The van der Waals surface area contributed by atoms with E-state index in [-0.39, 0.29) is 5.91 Å². The van der Waals surface area contributed by atoms with Crippen molar-refractivity contribution >= 4 is 35.3 Å². The number of hydrogen-bond donors (Lipinski definition) is 1. The zero-order valence-corrected chi connectivity index (χ0v) is 12.7. The summed E-state index contributed by atoms with van der Waals surface area (Å²) in [7, 11) is 1.50. The Hall–Kier alpha value is -2.04. The van der Waals surface area contributed by atoms with Gasteiger partial charge in [0, 0.05) is 5.56 Å². The van der Waals surface area contributed by atoms with E-state index in [1.807, 2.05) is 0 Å². The van der Waals surface area contributed by atoms with E-state index in [9.17, 15) is 4.79 Å². The predicted octanol–water partition coefficient (Wildman–Crippen LogP) is 3.77. The fraction of sp³-hybridized carbons (Fsp3) is 0.0667. The van der Waals surface area contributed by atoms with Gasteiger partial charge in [-0.15, -0.1) is 0 Å². The van der Waals surface area contributed by atoms with Gasteiger partial charge in [-0.05, 0) is 18.2 Å². The summed E-state index contributed by atoms with van der Waals surface area (Å²) in [6, 6.07) is 12.0. The van der Waals surface area contributed by atoms with Gasteiger partial charge in [-0.3, -0.25) is 4.79 Å². The molecule has 0 saturated carbocycles. The second kappa shape index (κ2) is 7.11. The van der Waals surface area contributed by atoms with Gasteiger partial charge in [0.05, 0.1) is 28.9 Å². The van der Waals surface area contributed by atoms with Crippen LogP contribution in [0.3, 0.4) is 0 Å². The Morgan fingerprint density at radius 3 is 2.71 bits per heavy atom. The number of hydrogen-bond acceptors (Lipinski definition) is 3. The zero-order valence-electron chi connectivity index (χ0n) is 11.1. The third kappa shape index (κ3) is 3.74. The number of nitrogens with one attached hydrogen (secondary N) is 1. The van der Waals surface area contributed by atoms with Gasteiger partial charge in [-0.1, -0.05) is 47.5 Å². The fourth-order valence-corrected chi connectivity index (χ4v) is 2.03. The van der Waals surface area contributed by atoms with E-state index >= 15 is 0 Å². The number of ether oxygens (including phenoxy) is 1. The summed E-state index contributed by atoms with van der Waals surface area (Å²) in [6.07, 6.45) is 1.43. The van der Waals surface area contributed by atoms with Gasteiger partial charge in [0.15, 0.2) is 0 Å². The van der Waals surface area contributed by atoms with Crippen LogP contribution in [0, 0.1) is 0 Å². The first-order valence-corrected chi connectivity index (χ1v) is 6.79. The maximum absolute atomic E-state index is 12.0. The average Bonchev–Trinajstić information content (AvgIpc) is 2.51. The van der Waals surface area contributed by atoms with Gasteiger partial charge in [0.1, 0.15) is 5.75 Å². The van der Waals surface area contributed by atoms with E-state index in [1.165, 1.54) is 13.3 Å². The maximum atomic E-state index is 12.0. The number of carbonyl (C=O) groups excluding carboxylic acids is 1. The highest BCUT2D eigenvalue weighted by molar-refractivity contribution is 6.43. The molecule has 4 nitrogen and oxygen atoms in total. The molecule has 2 aromatic carbocycles. The molecule has 2 rings (SSSR count). The maximum Gasteiger partial charge on any atom is 0.275 e. The predicted molar refractivity (Wildman–Crippen MR) is 84.5 cm³/mol. The first kappa shape index (κ1) is 15.4. The van der Waals surface area contributed by atoms with Gasteiger partial charge in [-0.25, -0.2) is 5.43 Å². The first-order chi connectivity index (χ1) is 10.1. The van der Waals surface area contributed by atoms with Gasteiger partial charge >= 0.3 is 0 Å². The molecule has 1 amide bonds. The molecule has 0 heterocycles. The quantitative estimate of drug-likeness (QED) is 0.688. The summed E-state index contributed by atoms with van der Waals surface area (Å²) in [6.45, 7) is 0. The minimum absolute atomic E-state index is 0.373. The lowest BCUT2D eigenvalue weighted by Gasteiger charge is -2.06. The highest BCUT2D eigenvalue weighted by Crippen LogP contribution is 2.24. The van der Waals surface area contributed by atoms with Crippen molar-refractivity contribution in [3.05, 3.63) is 63.6 Å². The van der Waals surface area contributed by atoms with Gasteiger partial charge in [0.2, 0.25) is 0 Å². The lowest BCUT2D eigenvalue weighted by Crippen LogP contribution is -2.18. The third-order valence-corrected chi connectivity index (χ3v) is 3.54. The Balaban J connectivity index is 2.10. The van der Waals surface area contributed by atoms with E-state index in [4.69, 9.17) is 27.9 Å². The van der Waals surface area contributed by atoms with E-state index in [2.05, 4.69) is 10.5 Å². The molecule has 6 heteroatoms.